The SMILES string of the molecule is CCOC(=O)c1cn(C)c2ncc(-c3cnc4[nH]c5c(N(C)C(=O)OC(C)(C)C)cc(F)c(F)c5c4c3N3CC[C@@]4(CC4N(C)C)C3)cc2c1=O. The summed E-state index contributed by atoms with van der Waals surface area (Å²) in [4.78, 5) is 57.5. The van der Waals surface area contributed by atoms with E-state index in [0.29, 0.717) is 52.6 Å². The van der Waals surface area contributed by atoms with Crippen molar-refractivity contribution in [2.45, 2.75) is 52.2 Å². The number of carbonyl (C=O) groups excluding carboxylic acids is 2. The predicted octanol–water partition coefficient (Wildman–Crippen LogP) is 5.99. The second-order valence-corrected chi connectivity index (χ2v) is 14.9. The van der Waals surface area contributed by atoms with Gasteiger partial charge in [-0.15, -0.1) is 0 Å². The molecule has 4 aromatic heterocycles. The van der Waals surface area contributed by atoms with Crippen molar-refractivity contribution in [3.63, 3.8) is 0 Å². The van der Waals surface area contributed by atoms with Crippen molar-refractivity contribution in [1.82, 2.24) is 24.4 Å². The van der Waals surface area contributed by atoms with E-state index in [4.69, 9.17) is 9.47 Å². The molecule has 51 heavy (non-hydrogen) atoms. The standard InChI is InChI=1S/C37H41F2N7O5/c1-9-50-34(48)22-17-44(7)33-20(31(22)47)12-19(15-41-33)21-16-40-32-27(30(21)46-11-10-37(18-46)14-25(37)43(5)6)26-28(39)23(38)13-24(29(26)42-32)45(8)35(49)51-36(2,3)4/h12-13,15-17,25H,9-11,14,18H2,1-8H3,(H,40,42)/t25?,37-/m1/s1. The number of aromatic amines is 1. The zero-order chi connectivity index (χ0) is 36.7. The van der Waals surface area contributed by atoms with Crippen LogP contribution >= 0.6 is 0 Å². The number of halogens is 2. The molecular weight excluding hydrogens is 660 g/mol. The Labute approximate surface area is 292 Å². The summed E-state index contributed by atoms with van der Waals surface area (Å²) in [6, 6.07) is 3.00. The second-order valence-electron chi connectivity index (χ2n) is 14.9. The van der Waals surface area contributed by atoms with Gasteiger partial charge in [0, 0.05) is 74.4 Å². The largest absolute Gasteiger partial charge is 0.462 e. The molecule has 5 heterocycles. The van der Waals surface area contributed by atoms with Crippen molar-refractivity contribution < 1.29 is 27.8 Å². The van der Waals surface area contributed by atoms with E-state index in [1.54, 1.807) is 57.8 Å². The van der Waals surface area contributed by atoms with Crippen molar-refractivity contribution in [2.24, 2.45) is 12.5 Å². The molecule has 1 amide bonds. The van der Waals surface area contributed by atoms with Crippen LogP contribution in [-0.4, -0.2) is 89.0 Å². The maximum Gasteiger partial charge on any atom is 0.414 e. The molecule has 1 saturated heterocycles. The maximum atomic E-state index is 16.2. The second kappa shape index (κ2) is 12.0. The van der Waals surface area contributed by atoms with Gasteiger partial charge in [0.1, 0.15) is 22.5 Å². The van der Waals surface area contributed by atoms with E-state index in [9.17, 15) is 14.4 Å². The highest BCUT2D eigenvalue weighted by atomic mass is 19.2. The number of amides is 1. The normalized spacial score (nSPS) is 18.8. The van der Waals surface area contributed by atoms with Gasteiger partial charge in [-0.25, -0.2) is 28.3 Å². The van der Waals surface area contributed by atoms with Gasteiger partial charge in [0.05, 0.1) is 39.7 Å². The highest BCUT2D eigenvalue weighted by Gasteiger charge is 2.58. The fraction of sp³-hybridized carbons (Fsp3) is 0.432. The minimum Gasteiger partial charge on any atom is -0.462 e. The molecule has 2 atom stereocenters. The number of aromatic nitrogens is 4. The number of ether oxygens (including phenoxy) is 2. The van der Waals surface area contributed by atoms with E-state index < -0.39 is 34.7 Å². The molecule has 268 valence electrons. The number of benzene rings is 1. The van der Waals surface area contributed by atoms with Gasteiger partial charge in [0.2, 0.25) is 5.43 Å². The number of aryl methyl sites for hydroxylation is 1. The van der Waals surface area contributed by atoms with Crippen LogP contribution in [0, 0.1) is 17.0 Å². The van der Waals surface area contributed by atoms with Crippen LogP contribution in [0.1, 0.15) is 50.9 Å². The van der Waals surface area contributed by atoms with Gasteiger partial charge in [-0.1, -0.05) is 0 Å². The van der Waals surface area contributed by atoms with Crippen molar-refractivity contribution in [1.29, 1.82) is 0 Å². The van der Waals surface area contributed by atoms with Crippen LogP contribution in [0.25, 0.3) is 44.1 Å². The van der Waals surface area contributed by atoms with Gasteiger partial charge in [-0.2, -0.15) is 0 Å². The number of fused-ring (bicyclic) bond motifs is 4. The van der Waals surface area contributed by atoms with Crippen molar-refractivity contribution in [3.8, 4) is 11.1 Å². The van der Waals surface area contributed by atoms with E-state index in [1.165, 1.54) is 13.2 Å². The molecule has 1 saturated carbocycles. The Balaban J connectivity index is 1.48. The zero-order valence-corrected chi connectivity index (χ0v) is 30.0. The number of hydrogen-bond acceptors (Lipinski definition) is 9. The van der Waals surface area contributed by atoms with Crippen LogP contribution < -0.4 is 15.2 Å². The van der Waals surface area contributed by atoms with Gasteiger partial charge >= 0.3 is 12.1 Å². The van der Waals surface area contributed by atoms with Gasteiger partial charge in [-0.05, 0) is 60.7 Å². The zero-order valence-electron chi connectivity index (χ0n) is 30.0. The molecule has 0 radical (unpaired) electrons. The fourth-order valence-electron chi connectivity index (χ4n) is 7.61. The minimum absolute atomic E-state index is 0.0283. The molecule has 1 unspecified atom stereocenters. The monoisotopic (exact) mass is 701 g/mol. The highest BCUT2D eigenvalue weighted by Crippen LogP contribution is 2.57. The number of carbonyl (C=O) groups is 2. The number of pyridine rings is 3. The lowest BCUT2D eigenvalue weighted by atomic mass is 10.0. The van der Waals surface area contributed by atoms with E-state index in [1.807, 2.05) is 0 Å². The Hall–Kier alpha value is -5.11. The molecule has 2 fully saturated rings. The van der Waals surface area contributed by atoms with Gasteiger partial charge in [0.25, 0.3) is 0 Å². The Morgan fingerprint density at radius 2 is 1.86 bits per heavy atom. The van der Waals surface area contributed by atoms with Crippen molar-refractivity contribution in [3.05, 3.63) is 58.1 Å². The van der Waals surface area contributed by atoms with Crippen molar-refractivity contribution in [2.75, 3.05) is 50.6 Å². The first kappa shape index (κ1) is 34.3. The number of hydrogen-bond donors (Lipinski definition) is 1. The Morgan fingerprint density at radius 1 is 1.12 bits per heavy atom. The first-order valence-electron chi connectivity index (χ1n) is 16.9. The predicted molar refractivity (Wildman–Crippen MR) is 191 cm³/mol. The molecule has 1 N–H and O–H groups in total. The summed E-state index contributed by atoms with van der Waals surface area (Å²) in [6.45, 7) is 8.23. The average Bonchev–Trinajstić information content (AvgIpc) is 3.41. The topological polar surface area (TPSA) is 126 Å². The summed E-state index contributed by atoms with van der Waals surface area (Å²) in [5.41, 5.74) is 1.11. The summed E-state index contributed by atoms with van der Waals surface area (Å²) < 4.78 is 44.1. The summed E-state index contributed by atoms with van der Waals surface area (Å²) in [5.74, 6) is -2.96. The number of rotatable bonds is 6. The van der Waals surface area contributed by atoms with Crippen LogP contribution in [0.5, 0.6) is 0 Å². The van der Waals surface area contributed by atoms with Gasteiger partial charge < -0.3 is 28.8 Å². The van der Waals surface area contributed by atoms with E-state index in [0.717, 1.165) is 23.8 Å². The lowest BCUT2D eigenvalue weighted by Gasteiger charge is -2.25. The molecule has 1 spiro atoms. The van der Waals surface area contributed by atoms with Crippen LogP contribution in [0.3, 0.4) is 0 Å². The fourth-order valence-corrected chi connectivity index (χ4v) is 7.61. The Bertz CT molecular complexity index is 2330. The van der Waals surface area contributed by atoms with Crippen LogP contribution in [0.4, 0.5) is 25.0 Å². The first-order chi connectivity index (χ1) is 24.0. The average molecular weight is 702 g/mol. The maximum absolute atomic E-state index is 16.2. The molecule has 5 aromatic rings. The number of anilines is 2. The molecule has 12 nitrogen and oxygen atoms in total. The van der Waals surface area contributed by atoms with E-state index in [-0.39, 0.29) is 39.6 Å². The number of H-pyrrole nitrogens is 1. The molecule has 2 aliphatic rings. The molecule has 7 rings (SSSR count). The third kappa shape index (κ3) is 5.65. The number of nitrogens with zero attached hydrogens (tertiary/aromatic N) is 6. The molecular formula is C37H41F2N7O5. The highest BCUT2D eigenvalue weighted by molar-refractivity contribution is 6.19. The van der Waals surface area contributed by atoms with Crippen molar-refractivity contribution >= 4 is 56.4 Å². The Kier molecular flexibility index (Phi) is 8.08. The minimum atomic E-state index is -1.14. The smallest absolute Gasteiger partial charge is 0.414 e. The van der Waals surface area contributed by atoms with Crippen LogP contribution in [0.2, 0.25) is 0 Å². The molecule has 0 bridgehead atoms. The van der Waals surface area contributed by atoms with Gasteiger partial charge in [0.15, 0.2) is 11.6 Å². The van der Waals surface area contributed by atoms with Gasteiger partial charge in [-0.3, -0.25) is 9.69 Å². The van der Waals surface area contributed by atoms with Crippen LogP contribution in [0.15, 0.2) is 35.5 Å². The first-order valence-corrected chi connectivity index (χ1v) is 16.9. The number of esters is 1. The third-order valence-corrected chi connectivity index (χ3v) is 10.1. The third-order valence-electron chi connectivity index (χ3n) is 10.1. The molecule has 14 heteroatoms. The lowest BCUT2D eigenvalue weighted by molar-refractivity contribution is 0.0522. The summed E-state index contributed by atoms with van der Waals surface area (Å²) in [7, 11) is 7.25. The Morgan fingerprint density at radius 3 is 2.53 bits per heavy atom. The molecule has 1 aromatic carbocycles. The quantitative estimate of drug-likeness (QED) is 0.213. The van der Waals surface area contributed by atoms with E-state index >= 15 is 8.78 Å². The molecule has 1 aliphatic carbocycles. The van der Waals surface area contributed by atoms with Crippen LogP contribution in [-0.2, 0) is 16.5 Å². The summed E-state index contributed by atoms with van der Waals surface area (Å²) >= 11 is 0. The summed E-state index contributed by atoms with van der Waals surface area (Å²) in [6.07, 6.45) is 5.80. The van der Waals surface area contributed by atoms with E-state index in [2.05, 4.69) is 38.8 Å². The summed E-state index contributed by atoms with van der Waals surface area (Å²) in [5, 5.41) is 0.470. The molecule has 1 aliphatic heterocycles. The lowest BCUT2D eigenvalue weighted by Crippen LogP contribution is -2.34. The number of nitrogens with one attached hydrogen (secondary N) is 1.